The van der Waals surface area contributed by atoms with E-state index >= 15 is 0 Å². The molecule has 0 radical (unpaired) electrons. The fourth-order valence-corrected chi connectivity index (χ4v) is 3.33. The van der Waals surface area contributed by atoms with E-state index in [2.05, 4.69) is 0 Å². The third-order valence-electron chi connectivity index (χ3n) is 3.24. The number of benzene rings is 2. The van der Waals surface area contributed by atoms with E-state index in [1.807, 2.05) is 54.6 Å². The smallest absolute Gasteiger partial charge is 0.0653 e. The van der Waals surface area contributed by atoms with E-state index in [0.717, 1.165) is 21.2 Å². The molecule has 0 fully saturated rings. The van der Waals surface area contributed by atoms with Gasteiger partial charge >= 0.3 is 0 Å². The van der Waals surface area contributed by atoms with Crippen molar-refractivity contribution < 1.29 is 5.11 Å². The first kappa shape index (κ1) is 15.4. The van der Waals surface area contributed by atoms with Gasteiger partial charge in [0.05, 0.1) is 12.1 Å². The Morgan fingerprint density at radius 3 is 2.50 bits per heavy atom. The predicted octanol–water partition coefficient (Wildman–Crippen LogP) is 3.67. The Kier molecular flexibility index (Phi) is 5.49. The Balaban J connectivity index is 1.98. The van der Waals surface area contributed by atoms with Gasteiger partial charge in [-0.25, -0.2) is 0 Å². The topological polar surface area (TPSA) is 46.2 Å². The lowest BCUT2D eigenvalue weighted by molar-refractivity contribution is 0.193. The van der Waals surface area contributed by atoms with Gasteiger partial charge in [-0.15, -0.1) is 11.8 Å². The Hall–Kier alpha value is -1.00. The van der Waals surface area contributed by atoms with E-state index in [0.29, 0.717) is 6.42 Å². The number of thioether (sulfide) groups is 1. The van der Waals surface area contributed by atoms with Crippen LogP contribution in [0.3, 0.4) is 0 Å². The number of rotatable bonds is 6. The maximum absolute atomic E-state index is 9.62. The molecule has 0 spiro atoms. The number of hydrogen-bond donors (Lipinski definition) is 2. The van der Waals surface area contributed by atoms with Crippen LogP contribution in [-0.4, -0.2) is 17.5 Å². The molecule has 0 amide bonds. The first-order chi connectivity index (χ1) is 9.64. The van der Waals surface area contributed by atoms with Gasteiger partial charge < -0.3 is 10.8 Å². The molecule has 0 aliphatic rings. The molecule has 2 nitrogen and oxygen atoms in total. The van der Waals surface area contributed by atoms with Crippen molar-refractivity contribution in [1.82, 2.24) is 0 Å². The van der Waals surface area contributed by atoms with Gasteiger partial charge in [0, 0.05) is 15.7 Å². The largest absolute Gasteiger partial charge is 0.394 e. The molecule has 0 aliphatic heterocycles. The zero-order valence-corrected chi connectivity index (χ0v) is 12.7. The van der Waals surface area contributed by atoms with E-state index < -0.39 is 5.54 Å². The molecule has 2 aromatic carbocycles. The van der Waals surface area contributed by atoms with Crippen LogP contribution >= 0.6 is 23.4 Å². The minimum atomic E-state index is -0.688. The molecule has 0 bridgehead atoms. The van der Waals surface area contributed by atoms with Crippen LogP contribution in [0.15, 0.2) is 59.5 Å². The van der Waals surface area contributed by atoms with Crippen molar-refractivity contribution in [2.45, 2.75) is 16.9 Å². The van der Waals surface area contributed by atoms with Gasteiger partial charge in [-0.2, -0.15) is 0 Å². The molecule has 0 heterocycles. The van der Waals surface area contributed by atoms with Gasteiger partial charge in [-0.3, -0.25) is 0 Å². The van der Waals surface area contributed by atoms with E-state index in [4.69, 9.17) is 17.3 Å². The lowest BCUT2D eigenvalue weighted by atomic mass is 9.89. The van der Waals surface area contributed by atoms with Crippen molar-refractivity contribution in [1.29, 1.82) is 0 Å². The maximum atomic E-state index is 9.62. The van der Waals surface area contributed by atoms with Crippen LogP contribution < -0.4 is 5.73 Å². The van der Waals surface area contributed by atoms with Crippen molar-refractivity contribution in [3.05, 3.63) is 65.2 Å². The normalized spacial score (nSPS) is 13.9. The zero-order valence-electron chi connectivity index (χ0n) is 11.1. The van der Waals surface area contributed by atoms with Gasteiger partial charge in [-0.05, 0) is 30.2 Å². The molecule has 3 N–H and O–H groups in total. The van der Waals surface area contributed by atoms with Crippen molar-refractivity contribution >= 4 is 23.4 Å². The van der Waals surface area contributed by atoms with Crippen LogP contribution in [0.25, 0.3) is 0 Å². The molecule has 0 aromatic heterocycles. The average molecular weight is 308 g/mol. The summed E-state index contributed by atoms with van der Waals surface area (Å²) in [5.41, 5.74) is 6.60. The highest BCUT2D eigenvalue weighted by molar-refractivity contribution is 7.99. The van der Waals surface area contributed by atoms with Crippen LogP contribution in [0, 0.1) is 0 Å². The SMILES string of the molecule is NC(CO)(CCSc1cccc(Cl)c1)c1ccccc1. The minimum Gasteiger partial charge on any atom is -0.394 e. The Labute approximate surface area is 129 Å². The Morgan fingerprint density at radius 2 is 1.85 bits per heavy atom. The van der Waals surface area contributed by atoms with Crippen molar-refractivity contribution in [2.75, 3.05) is 12.4 Å². The molecule has 106 valence electrons. The molecule has 4 heteroatoms. The van der Waals surface area contributed by atoms with E-state index in [1.54, 1.807) is 11.8 Å². The molecule has 1 atom stereocenters. The summed E-state index contributed by atoms with van der Waals surface area (Å²) in [6.07, 6.45) is 0.699. The highest BCUT2D eigenvalue weighted by Gasteiger charge is 2.25. The molecule has 1 unspecified atom stereocenters. The minimum absolute atomic E-state index is 0.0624. The predicted molar refractivity (Wildman–Crippen MR) is 86.2 cm³/mol. The van der Waals surface area contributed by atoms with E-state index in [1.165, 1.54) is 0 Å². The number of aliphatic hydroxyl groups is 1. The van der Waals surface area contributed by atoms with Crippen molar-refractivity contribution in [3.8, 4) is 0 Å². The van der Waals surface area contributed by atoms with Gasteiger partial charge in [0.1, 0.15) is 0 Å². The Bertz CT molecular complexity index is 549. The Morgan fingerprint density at radius 1 is 1.10 bits per heavy atom. The fourth-order valence-electron chi connectivity index (χ4n) is 1.99. The highest BCUT2D eigenvalue weighted by atomic mass is 35.5. The first-order valence-corrected chi connectivity index (χ1v) is 7.84. The molecular formula is C16H18ClNOS. The van der Waals surface area contributed by atoms with Crippen LogP contribution in [0.5, 0.6) is 0 Å². The fraction of sp³-hybridized carbons (Fsp3) is 0.250. The van der Waals surface area contributed by atoms with E-state index in [-0.39, 0.29) is 6.61 Å². The average Bonchev–Trinajstić information content (AvgIpc) is 2.48. The van der Waals surface area contributed by atoms with E-state index in [9.17, 15) is 5.11 Å². The first-order valence-electron chi connectivity index (χ1n) is 6.48. The molecule has 0 aliphatic carbocycles. The summed E-state index contributed by atoms with van der Waals surface area (Å²) in [7, 11) is 0. The molecule has 2 rings (SSSR count). The van der Waals surface area contributed by atoms with Gasteiger partial charge in [0.2, 0.25) is 0 Å². The summed E-state index contributed by atoms with van der Waals surface area (Å²) in [5, 5.41) is 10.4. The number of hydrogen-bond acceptors (Lipinski definition) is 3. The summed E-state index contributed by atoms with van der Waals surface area (Å²) in [4.78, 5) is 1.12. The van der Waals surface area contributed by atoms with Crippen LogP contribution in [0.1, 0.15) is 12.0 Å². The summed E-state index contributed by atoms with van der Waals surface area (Å²) in [5.74, 6) is 0.826. The molecule has 0 saturated carbocycles. The number of nitrogens with two attached hydrogens (primary N) is 1. The lowest BCUT2D eigenvalue weighted by Gasteiger charge is -2.27. The highest BCUT2D eigenvalue weighted by Crippen LogP contribution is 2.27. The van der Waals surface area contributed by atoms with Gasteiger partial charge in [0.25, 0.3) is 0 Å². The summed E-state index contributed by atoms with van der Waals surface area (Å²) < 4.78 is 0. The second-order valence-electron chi connectivity index (χ2n) is 4.74. The number of aliphatic hydroxyl groups excluding tert-OH is 1. The van der Waals surface area contributed by atoms with Crippen molar-refractivity contribution in [3.63, 3.8) is 0 Å². The second-order valence-corrected chi connectivity index (χ2v) is 6.34. The monoisotopic (exact) mass is 307 g/mol. The maximum Gasteiger partial charge on any atom is 0.0653 e. The standard InChI is InChI=1S/C16H18ClNOS/c17-14-7-4-8-15(11-14)20-10-9-16(18,12-19)13-5-2-1-3-6-13/h1-8,11,19H,9-10,12,18H2. The van der Waals surface area contributed by atoms with Crippen LogP contribution in [0.4, 0.5) is 0 Å². The molecule has 2 aromatic rings. The lowest BCUT2D eigenvalue weighted by Crippen LogP contribution is -2.41. The summed E-state index contributed by atoms with van der Waals surface area (Å²) >= 11 is 7.65. The number of halogens is 1. The van der Waals surface area contributed by atoms with Gasteiger partial charge in [0.15, 0.2) is 0 Å². The van der Waals surface area contributed by atoms with Gasteiger partial charge in [-0.1, -0.05) is 48.0 Å². The molecule has 0 saturated heterocycles. The zero-order chi connectivity index (χ0) is 14.4. The molecular weight excluding hydrogens is 290 g/mol. The van der Waals surface area contributed by atoms with Crippen LogP contribution in [0.2, 0.25) is 5.02 Å². The third-order valence-corrected chi connectivity index (χ3v) is 4.47. The van der Waals surface area contributed by atoms with Crippen molar-refractivity contribution in [2.24, 2.45) is 5.73 Å². The second kappa shape index (κ2) is 7.14. The molecule has 20 heavy (non-hydrogen) atoms. The summed E-state index contributed by atoms with van der Waals surface area (Å²) in [6.45, 7) is -0.0624. The third kappa shape index (κ3) is 4.00. The van der Waals surface area contributed by atoms with Crippen LogP contribution in [-0.2, 0) is 5.54 Å². The quantitative estimate of drug-likeness (QED) is 0.800. The summed E-state index contributed by atoms with van der Waals surface area (Å²) in [6, 6.07) is 17.5.